The molecule has 2 aromatic rings. The summed E-state index contributed by atoms with van der Waals surface area (Å²) in [6, 6.07) is 15.5. The van der Waals surface area contributed by atoms with E-state index in [9.17, 15) is 18.0 Å². The van der Waals surface area contributed by atoms with Gasteiger partial charge in [0, 0.05) is 38.6 Å². The number of benzene rings is 2. The lowest BCUT2D eigenvalue weighted by molar-refractivity contribution is -0.129. The van der Waals surface area contributed by atoms with E-state index in [1.54, 1.807) is 23.1 Å². The fourth-order valence-corrected chi connectivity index (χ4v) is 7.25. The van der Waals surface area contributed by atoms with Crippen LogP contribution < -0.4 is 5.32 Å². The fraction of sp³-hybridized carbons (Fsp3) is 0.484. The Balaban J connectivity index is 1.57. The molecule has 0 saturated carbocycles. The number of urea groups is 1. The zero-order valence-electron chi connectivity index (χ0n) is 23.9. The van der Waals surface area contributed by atoms with Gasteiger partial charge in [-0.3, -0.25) is 9.69 Å². The van der Waals surface area contributed by atoms with Gasteiger partial charge in [0.2, 0.25) is 0 Å². The van der Waals surface area contributed by atoms with Gasteiger partial charge in [-0.05, 0) is 37.0 Å². The number of sulfonamides is 1. The van der Waals surface area contributed by atoms with E-state index in [4.69, 9.17) is 4.74 Å². The average Bonchev–Trinajstić information content (AvgIpc) is 3.01. The summed E-state index contributed by atoms with van der Waals surface area (Å²) in [4.78, 5) is 32.0. The highest BCUT2D eigenvalue weighted by molar-refractivity contribution is 7.89. The van der Waals surface area contributed by atoms with Crippen LogP contribution in [0.5, 0.6) is 0 Å². The molecule has 3 amide bonds. The molecule has 0 aliphatic carbocycles. The van der Waals surface area contributed by atoms with Gasteiger partial charge in [-0.25, -0.2) is 17.5 Å². The Morgan fingerprint density at radius 2 is 1.63 bits per heavy atom. The number of nitrogens with one attached hydrogen (secondary N) is 1. The molecule has 0 spiro atoms. The second-order valence-corrected chi connectivity index (χ2v) is 12.4. The molecule has 41 heavy (non-hydrogen) atoms. The number of morpholine rings is 1. The maximum atomic E-state index is 14.3. The van der Waals surface area contributed by atoms with Crippen LogP contribution >= 0.6 is 0 Å². The molecule has 2 aromatic carbocycles. The van der Waals surface area contributed by atoms with Crippen molar-refractivity contribution in [3.63, 3.8) is 0 Å². The first-order chi connectivity index (χ1) is 19.8. The first-order valence-electron chi connectivity index (χ1n) is 14.5. The van der Waals surface area contributed by atoms with Crippen molar-refractivity contribution in [1.82, 2.24) is 19.4 Å². The summed E-state index contributed by atoms with van der Waals surface area (Å²) < 4.78 is 34.2. The second kappa shape index (κ2) is 14.6. The van der Waals surface area contributed by atoms with Crippen molar-refractivity contribution >= 4 is 22.0 Å². The molecule has 2 saturated heterocycles. The Hall–Kier alpha value is -3.21. The first-order valence-corrected chi connectivity index (χ1v) is 16.0. The van der Waals surface area contributed by atoms with Crippen molar-refractivity contribution in [3.05, 3.63) is 78.9 Å². The summed E-state index contributed by atoms with van der Waals surface area (Å²) in [5.41, 5.74) is 0.819. The number of ether oxygens (including phenoxy) is 1. The SMILES string of the molecule is C=CC(CCC)N(C(=O)C(Cc1ccccc1)NC(=O)N1CCC(N2CCOCC2)CC1)S(=O)(=O)c1ccccc1. The highest BCUT2D eigenvalue weighted by Crippen LogP contribution is 2.24. The van der Waals surface area contributed by atoms with E-state index in [-0.39, 0.29) is 17.3 Å². The first kappa shape index (κ1) is 30.7. The lowest BCUT2D eigenvalue weighted by Gasteiger charge is -2.40. The number of rotatable bonds is 11. The van der Waals surface area contributed by atoms with E-state index in [2.05, 4.69) is 16.8 Å². The summed E-state index contributed by atoms with van der Waals surface area (Å²) in [6.45, 7) is 10.2. The van der Waals surface area contributed by atoms with Crippen LogP contribution in [0.1, 0.15) is 38.2 Å². The number of amides is 3. The van der Waals surface area contributed by atoms with Gasteiger partial charge >= 0.3 is 6.03 Å². The second-order valence-electron chi connectivity index (χ2n) is 10.6. The van der Waals surface area contributed by atoms with E-state index in [0.29, 0.717) is 32.0 Å². The van der Waals surface area contributed by atoms with E-state index < -0.39 is 28.0 Å². The van der Waals surface area contributed by atoms with Crippen LogP contribution in [0.15, 0.2) is 78.2 Å². The van der Waals surface area contributed by atoms with E-state index >= 15 is 0 Å². The molecule has 4 rings (SSSR count). The summed E-state index contributed by atoms with van der Waals surface area (Å²) in [5.74, 6) is -0.674. The van der Waals surface area contributed by atoms with E-state index in [1.165, 1.54) is 18.2 Å². The number of carbonyl (C=O) groups excluding carboxylic acids is 2. The standard InChI is InChI=1S/C31H42N4O5S/c1-3-11-26(4-2)35(41(38,39)28-14-9-6-10-15-28)30(36)29(24-25-12-7-5-8-13-25)32-31(37)34-18-16-27(17-19-34)33-20-22-40-23-21-33/h4-10,12-15,26-27,29H,2-3,11,16-24H2,1H3,(H,32,37). The molecule has 9 nitrogen and oxygen atoms in total. The number of carbonyl (C=O) groups is 2. The summed E-state index contributed by atoms with van der Waals surface area (Å²) in [7, 11) is -4.22. The van der Waals surface area contributed by atoms with Crippen molar-refractivity contribution in [2.75, 3.05) is 39.4 Å². The smallest absolute Gasteiger partial charge is 0.318 e. The van der Waals surface area contributed by atoms with Crippen LogP contribution in [-0.4, -0.2) is 92.0 Å². The number of hydrogen-bond donors (Lipinski definition) is 1. The Kier molecular flexibility index (Phi) is 11.0. The number of likely N-dealkylation sites (tertiary alicyclic amines) is 1. The normalized spacial score (nSPS) is 18.3. The van der Waals surface area contributed by atoms with Gasteiger partial charge in [0.25, 0.3) is 15.9 Å². The third kappa shape index (κ3) is 7.75. The van der Waals surface area contributed by atoms with Crippen molar-refractivity contribution in [1.29, 1.82) is 0 Å². The van der Waals surface area contributed by atoms with Gasteiger partial charge in [0.15, 0.2) is 0 Å². The summed E-state index contributed by atoms with van der Waals surface area (Å²) >= 11 is 0. The lowest BCUT2D eigenvalue weighted by atomic mass is 10.0. The Bertz CT molecular complexity index is 1240. The molecule has 0 radical (unpaired) electrons. The molecule has 10 heteroatoms. The molecule has 0 aromatic heterocycles. The third-order valence-electron chi connectivity index (χ3n) is 7.87. The molecule has 2 atom stereocenters. The molecule has 2 fully saturated rings. The predicted molar refractivity (Wildman–Crippen MR) is 159 cm³/mol. The number of hydrogen-bond acceptors (Lipinski definition) is 6. The van der Waals surface area contributed by atoms with Gasteiger partial charge in [0.1, 0.15) is 6.04 Å². The van der Waals surface area contributed by atoms with Crippen LogP contribution in [0.3, 0.4) is 0 Å². The molecular weight excluding hydrogens is 540 g/mol. The highest BCUT2D eigenvalue weighted by atomic mass is 32.2. The average molecular weight is 583 g/mol. The van der Waals surface area contributed by atoms with Gasteiger partial charge in [-0.15, -0.1) is 6.58 Å². The predicted octanol–water partition coefficient (Wildman–Crippen LogP) is 3.68. The Labute approximate surface area is 244 Å². The molecule has 2 unspecified atom stereocenters. The van der Waals surface area contributed by atoms with Crippen LogP contribution in [0.2, 0.25) is 0 Å². The van der Waals surface area contributed by atoms with Crippen LogP contribution in [0.25, 0.3) is 0 Å². The quantitative estimate of drug-likeness (QED) is 0.406. The molecule has 2 aliphatic rings. The van der Waals surface area contributed by atoms with Crippen LogP contribution in [0.4, 0.5) is 4.79 Å². The van der Waals surface area contributed by atoms with Crippen LogP contribution in [-0.2, 0) is 26.0 Å². The lowest BCUT2D eigenvalue weighted by Crippen LogP contribution is -2.58. The van der Waals surface area contributed by atoms with Crippen molar-refractivity contribution in [2.24, 2.45) is 0 Å². The zero-order valence-corrected chi connectivity index (χ0v) is 24.7. The topological polar surface area (TPSA) is 99.3 Å². The van der Waals surface area contributed by atoms with Gasteiger partial charge in [-0.1, -0.05) is 68.0 Å². The maximum Gasteiger partial charge on any atom is 0.318 e. The minimum Gasteiger partial charge on any atom is -0.379 e. The monoisotopic (exact) mass is 582 g/mol. The number of piperidine rings is 1. The third-order valence-corrected chi connectivity index (χ3v) is 9.70. The minimum atomic E-state index is -4.22. The van der Waals surface area contributed by atoms with Crippen molar-refractivity contribution in [3.8, 4) is 0 Å². The summed E-state index contributed by atoms with van der Waals surface area (Å²) in [6.07, 6.45) is 4.41. The van der Waals surface area contributed by atoms with Crippen molar-refractivity contribution in [2.45, 2.75) is 62.0 Å². The molecule has 1 N–H and O–H groups in total. The van der Waals surface area contributed by atoms with Gasteiger partial charge in [-0.2, -0.15) is 0 Å². The highest BCUT2D eigenvalue weighted by Gasteiger charge is 2.39. The molecule has 0 bridgehead atoms. The van der Waals surface area contributed by atoms with E-state index in [0.717, 1.165) is 49.0 Å². The largest absolute Gasteiger partial charge is 0.379 e. The Morgan fingerprint density at radius 3 is 2.22 bits per heavy atom. The fourth-order valence-electron chi connectivity index (χ4n) is 5.61. The van der Waals surface area contributed by atoms with E-state index in [1.807, 2.05) is 37.3 Å². The molecule has 222 valence electrons. The van der Waals surface area contributed by atoms with Gasteiger partial charge in [0.05, 0.1) is 24.2 Å². The van der Waals surface area contributed by atoms with Crippen molar-refractivity contribution < 1.29 is 22.7 Å². The molecule has 2 aliphatic heterocycles. The summed E-state index contributed by atoms with van der Waals surface area (Å²) in [5, 5.41) is 2.92. The van der Waals surface area contributed by atoms with Crippen LogP contribution in [0, 0.1) is 0 Å². The Morgan fingerprint density at radius 1 is 1.02 bits per heavy atom. The van der Waals surface area contributed by atoms with Gasteiger partial charge < -0.3 is 15.0 Å². The zero-order chi connectivity index (χ0) is 29.2. The number of nitrogens with zero attached hydrogens (tertiary/aromatic N) is 3. The minimum absolute atomic E-state index is 0.0197. The molecular formula is C31H42N4O5S. The molecule has 2 heterocycles. The maximum absolute atomic E-state index is 14.3.